The number of fused-ring (bicyclic) bond motifs is 1. The summed E-state index contributed by atoms with van der Waals surface area (Å²) >= 11 is 5.95. The molecular formula is C18H21ClF3N5O. The second kappa shape index (κ2) is 6.59. The summed E-state index contributed by atoms with van der Waals surface area (Å²) in [7, 11) is 3.46. The Kier molecular flexibility index (Phi) is 4.58. The highest BCUT2D eigenvalue weighted by atomic mass is 35.5. The van der Waals surface area contributed by atoms with Crippen LogP contribution in [-0.4, -0.2) is 65.6 Å². The molecule has 10 heteroatoms. The summed E-state index contributed by atoms with van der Waals surface area (Å²) in [6.07, 6.45) is 2.16. The van der Waals surface area contributed by atoms with Gasteiger partial charge >= 0.3 is 6.01 Å². The maximum Gasteiger partial charge on any atom is 0.317 e. The molecule has 1 aliphatic heterocycles. The summed E-state index contributed by atoms with van der Waals surface area (Å²) in [4.78, 5) is 16.0. The van der Waals surface area contributed by atoms with Crippen LogP contribution in [0.5, 0.6) is 6.01 Å². The molecule has 4 rings (SSSR count). The van der Waals surface area contributed by atoms with Crippen LogP contribution in [0.25, 0.3) is 10.9 Å². The highest BCUT2D eigenvalue weighted by Gasteiger charge is 2.71. The first-order valence-corrected chi connectivity index (χ1v) is 9.45. The van der Waals surface area contributed by atoms with Gasteiger partial charge in [-0.05, 0) is 27.4 Å². The van der Waals surface area contributed by atoms with E-state index in [2.05, 4.69) is 15.0 Å². The maximum absolute atomic E-state index is 14.5. The van der Waals surface area contributed by atoms with Crippen molar-refractivity contribution in [2.75, 3.05) is 38.7 Å². The predicted molar refractivity (Wildman–Crippen MR) is 99.8 cm³/mol. The zero-order chi connectivity index (χ0) is 20.3. The van der Waals surface area contributed by atoms with Gasteiger partial charge in [0.05, 0.1) is 10.8 Å². The molecule has 1 aliphatic carbocycles. The fourth-order valence-electron chi connectivity index (χ4n) is 3.68. The minimum Gasteiger partial charge on any atom is -0.463 e. The monoisotopic (exact) mass is 415 g/mol. The minimum absolute atomic E-state index is 0.0247. The zero-order valence-electron chi connectivity index (χ0n) is 15.8. The molecule has 2 aromatic heterocycles. The van der Waals surface area contributed by atoms with Crippen molar-refractivity contribution < 1.29 is 17.9 Å². The number of hydrogen-bond acceptors (Lipinski definition) is 6. The quantitative estimate of drug-likeness (QED) is 0.674. The average Bonchev–Trinajstić information content (AvgIpc) is 3.15. The van der Waals surface area contributed by atoms with Crippen molar-refractivity contribution in [3.05, 3.63) is 17.2 Å². The molecule has 0 radical (unpaired) electrons. The number of halogens is 4. The van der Waals surface area contributed by atoms with Gasteiger partial charge in [0, 0.05) is 31.7 Å². The van der Waals surface area contributed by atoms with Gasteiger partial charge in [0.15, 0.2) is 11.0 Å². The van der Waals surface area contributed by atoms with E-state index in [0.717, 1.165) is 13.0 Å². The van der Waals surface area contributed by atoms with Crippen molar-refractivity contribution in [1.29, 1.82) is 0 Å². The summed E-state index contributed by atoms with van der Waals surface area (Å²) in [6, 6.07) is 0.105. The number of aromatic nitrogens is 3. The van der Waals surface area contributed by atoms with Gasteiger partial charge in [0.2, 0.25) is 0 Å². The first-order chi connectivity index (χ1) is 13.1. The van der Waals surface area contributed by atoms with Gasteiger partial charge in [0.1, 0.15) is 17.9 Å². The molecule has 0 unspecified atom stereocenters. The molecule has 2 aromatic rings. The molecule has 0 N–H and O–H groups in total. The van der Waals surface area contributed by atoms with Crippen molar-refractivity contribution in [1.82, 2.24) is 19.9 Å². The van der Waals surface area contributed by atoms with Crippen LogP contribution in [0.1, 0.15) is 19.8 Å². The molecule has 2 aliphatic rings. The Balaban J connectivity index is 1.62. The van der Waals surface area contributed by atoms with E-state index in [1.165, 1.54) is 6.20 Å². The summed E-state index contributed by atoms with van der Waals surface area (Å²) in [5, 5.41) is 0.129. The second-order valence-corrected chi connectivity index (χ2v) is 8.33. The van der Waals surface area contributed by atoms with E-state index >= 15 is 0 Å². The van der Waals surface area contributed by atoms with Crippen molar-refractivity contribution in [3.8, 4) is 6.01 Å². The fourth-order valence-corrected chi connectivity index (χ4v) is 3.85. The summed E-state index contributed by atoms with van der Waals surface area (Å²) in [5.41, 5.74) is -1.30. The van der Waals surface area contributed by atoms with E-state index in [-0.39, 0.29) is 42.3 Å². The van der Waals surface area contributed by atoms with Gasteiger partial charge in [-0.25, -0.2) is 23.1 Å². The van der Waals surface area contributed by atoms with E-state index < -0.39 is 17.2 Å². The topological polar surface area (TPSA) is 54.4 Å². The minimum atomic E-state index is -2.80. The highest BCUT2D eigenvalue weighted by Crippen LogP contribution is 2.60. The average molecular weight is 416 g/mol. The molecule has 152 valence electrons. The molecule has 2 atom stereocenters. The van der Waals surface area contributed by atoms with E-state index in [1.54, 1.807) is 19.0 Å². The number of alkyl halides is 2. The van der Waals surface area contributed by atoms with Crippen LogP contribution in [0.15, 0.2) is 6.20 Å². The van der Waals surface area contributed by atoms with Gasteiger partial charge in [-0.2, -0.15) is 4.98 Å². The number of hydrogen-bond donors (Lipinski definition) is 0. The van der Waals surface area contributed by atoms with Crippen LogP contribution >= 0.6 is 11.6 Å². The molecular weight excluding hydrogens is 395 g/mol. The third-order valence-corrected chi connectivity index (χ3v) is 5.75. The largest absolute Gasteiger partial charge is 0.463 e. The number of ether oxygens (including phenoxy) is 1. The lowest BCUT2D eigenvalue weighted by Crippen LogP contribution is -2.46. The van der Waals surface area contributed by atoms with Crippen LogP contribution in [0.4, 0.5) is 19.0 Å². The molecule has 0 amide bonds. The van der Waals surface area contributed by atoms with Crippen molar-refractivity contribution in [2.45, 2.75) is 31.7 Å². The number of nitrogens with zero attached hydrogens (tertiary/aromatic N) is 5. The summed E-state index contributed by atoms with van der Waals surface area (Å²) < 4.78 is 47.7. The van der Waals surface area contributed by atoms with E-state index in [4.69, 9.17) is 16.3 Å². The Bertz CT molecular complexity index is 928. The summed E-state index contributed by atoms with van der Waals surface area (Å²) in [5.74, 6) is -3.06. The van der Waals surface area contributed by atoms with Gasteiger partial charge in [-0.15, -0.1) is 0 Å². The molecule has 3 heterocycles. The van der Waals surface area contributed by atoms with E-state index in [0.29, 0.717) is 11.2 Å². The van der Waals surface area contributed by atoms with Crippen LogP contribution < -0.4 is 9.64 Å². The highest BCUT2D eigenvalue weighted by molar-refractivity contribution is 6.30. The van der Waals surface area contributed by atoms with Crippen LogP contribution in [0.2, 0.25) is 5.15 Å². The molecule has 1 saturated carbocycles. The fraction of sp³-hybridized carbons (Fsp3) is 0.611. The van der Waals surface area contributed by atoms with E-state index in [1.807, 2.05) is 11.8 Å². The Hall–Kier alpha value is -1.87. The van der Waals surface area contributed by atoms with Gasteiger partial charge in [-0.3, -0.25) is 0 Å². The standard InChI is InChI=1S/C18H21ClF3N5O/c1-10-4-5-27(10)15-11-6-23-16(24-13(11)12(20)14(19)25-15)28-9-17(8-26(2)3)7-18(17,21)22/h6,10H,4-5,7-9H2,1-3H3/t10-,17+/m0/s1. The van der Waals surface area contributed by atoms with Crippen LogP contribution in [-0.2, 0) is 0 Å². The Morgan fingerprint density at radius 2 is 2.07 bits per heavy atom. The molecule has 0 bridgehead atoms. The first-order valence-electron chi connectivity index (χ1n) is 9.07. The van der Waals surface area contributed by atoms with Gasteiger partial charge in [-0.1, -0.05) is 11.6 Å². The SMILES string of the molecule is C[C@H]1CCN1c1nc(Cl)c(F)c2nc(OC[C@]3(CN(C)C)CC3(F)F)ncc12. The Morgan fingerprint density at radius 1 is 1.36 bits per heavy atom. The first kappa shape index (κ1) is 19.4. The molecule has 0 aromatic carbocycles. The summed E-state index contributed by atoms with van der Waals surface area (Å²) in [6.45, 7) is 2.74. The predicted octanol–water partition coefficient (Wildman–Crippen LogP) is 3.38. The lowest BCUT2D eigenvalue weighted by molar-refractivity contribution is 0.0288. The molecule has 0 spiro atoms. The third kappa shape index (κ3) is 3.14. The third-order valence-electron chi connectivity index (χ3n) is 5.50. The Morgan fingerprint density at radius 3 is 2.61 bits per heavy atom. The maximum atomic E-state index is 14.5. The van der Waals surface area contributed by atoms with Crippen LogP contribution in [0.3, 0.4) is 0 Å². The molecule has 2 fully saturated rings. The second-order valence-electron chi connectivity index (χ2n) is 7.97. The van der Waals surface area contributed by atoms with Crippen molar-refractivity contribution in [3.63, 3.8) is 0 Å². The molecule has 1 saturated heterocycles. The number of rotatable bonds is 6. The van der Waals surface area contributed by atoms with E-state index in [9.17, 15) is 13.2 Å². The smallest absolute Gasteiger partial charge is 0.317 e. The normalized spacial score (nSPS) is 25.9. The van der Waals surface area contributed by atoms with Crippen LogP contribution in [0, 0.1) is 11.2 Å². The van der Waals surface area contributed by atoms with Crippen molar-refractivity contribution >= 4 is 28.3 Å². The molecule has 28 heavy (non-hydrogen) atoms. The number of anilines is 1. The van der Waals surface area contributed by atoms with Gasteiger partial charge < -0.3 is 14.5 Å². The lowest BCUT2D eigenvalue weighted by atomic mass is 10.0. The molecule has 6 nitrogen and oxygen atoms in total. The zero-order valence-corrected chi connectivity index (χ0v) is 16.6. The number of pyridine rings is 1. The van der Waals surface area contributed by atoms with Crippen molar-refractivity contribution in [2.24, 2.45) is 5.41 Å². The Labute approximate surface area is 165 Å². The lowest BCUT2D eigenvalue weighted by Gasteiger charge is -2.40. The van der Waals surface area contributed by atoms with Gasteiger partial charge in [0.25, 0.3) is 5.92 Å².